The SMILES string of the molecule is CCC(N)(CCCOc1cccc(C)c1C)C(=O)O. The van der Waals surface area contributed by atoms with Crippen molar-refractivity contribution in [2.75, 3.05) is 6.61 Å². The van der Waals surface area contributed by atoms with Crippen molar-refractivity contribution in [1.29, 1.82) is 0 Å². The number of aryl methyl sites for hydroxylation is 1. The van der Waals surface area contributed by atoms with E-state index in [1.54, 1.807) is 6.92 Å². The van der Waals surface area contributed by atoms with Gasteiger partial charge in [-0.25, -0.2) is 0 Å². The molecule has 0 aliphatic carbocycles. The summed E-state index contributed by atoms with van der Waals surface area (Å²) in [6.07, 6.45) is 1.47. The zero-order valence-electron chi connectivity index (χ0n) is 11.9. The van der Waals surface area contributed by atoms with Crippen molar-refractivity contribution in [3.63, 3.8) is 0 Å². The Balaban J connectivity index is 2.47. The molecule has 0 aliphatic rings. The number of aliphatic carboxylic acids is 1. The van der Waals surface area contributed by atoms with Gasteiger partial charge in [-0.05, 0) is 50.3 Å². The second-order valence-corrected chi connectivity index (χ2v) is 4.96. The smallest absolute Gasteiger partial charge is 0.323 e. The minimum Gasteiger partial charge on any atom is -0.493 e. The minimum atomic E-state index is -1.13. The molecule has 0 heterocycles. The monoisotopic (exact) mass is 265 g/mol. The van der Waals surface area contributed by atoms with Crippen LogP contribution in [0.2, 0.25) is 0 Å². The first-order chi connectivity index (χ1) is 8.90. The van der Waals surface area contributed by atoms with Crippen molar-refractivity contribution in [2.45, 2.75) is 45.6 Å². The van der Waals surface area contributed by atoms with Gasteiger partial charge in [-0.1, -0.05) is 19.1 Å². The highest BCUT2D eigenvalue weighted by Gasteiger charge is 2.30. The van der Waals surface area contributed by atoms with Gasteiger partial charge in [-0.15, -0.1) is 0 Å². The van der Waals surface area contributed by atoms with Gasteiger partial charge in [0.15, 0.2) is 0 Å². The molecule has 1 aromatic rings. The van der Waals surface area contributed by atoms with Gasteiger partial charge in [-0.2, -0.15) is 0 Å². The molecule has 106 valence electrons. The molecule has 4 heteroatoms. The third kappa shape index (κ3) is 3.96. The Bertz CT molecular complexity index is 445. The number of carboxylic acid groups (broad SMARTS) is 1. The highest BCUT2D eigenvalue weighted by molar-refractivity contribution is 5.78. The van der Waals surface area contributed by atoms with Crippen molar-refractivity contribution < 1.29 is 14.6 Å². The molecule has 0 spiro atoms. The topological polar surface area (TPSA) is 72.5 Å². The van der Waals surface area contributed by atoms with E-state index >= 15 is 0 Å². The first-order valence-electron chi connectivity index (χ1n) is 6.62. The Morgan fingerprint density at radius 2 is 2.11 bits per heavy atom. The Labute approximate surface area is 114 Å². The summed E-state index contributed by atoms with van der Waals surface area (Å²) in [5.74, 6) is -0.0869. The highest BCUT2D eigenvalue weighted by atomic mass is 16.5. The number of ether oxygens (including phenoxy) is 1. The Morgan fingerprint density at radius 1 is 1.42 bits per heavy atom. The molecule has 1 unspecified atom stereocenters. The van der Waals surface area contributed by atoms with E-state index in [1.807, 2.05) is 32.0 Å². The van der Waals surface area contributed by atoms with Crippen LogP contribution in [-0.2, 0) is 4.79 Å². The maximum Gasteiger partial charge on any atom is 0.323 e. The number of rotatable bonds is 7. The molecule has 0 bridgehead atoms. The zero-order chi connectivity index (χ0) is 14.5. The number of nitrogens with two attached hydrogens (primary N) is 1. The van der Waals surface area contributed by atoms with E-state index in [-0.39, 0.29) is 0 Å². The number of carbonyl (C=O) groups is 1. The molecule has 0 amide bonds. The van der Waals surface area contributed by atoms with Crippen LogP contribution in [0, 0.1) is 13.8 Å². The number of carboxylic acids is 1. The summed E-state index contributed by atoms with van der Waals surface area (Å²) in [4.78, 5) is 11.0. The van der Waals surface area contributed by atoms with E-state index in [0.29, 0.717) is 25.9 Å². The fourth-order valence-electron chi connectivity index (χ4n) is 1.89. The van der Waals surface area contributed by atoms with E-state index in [4.69, 9.17) is 15.6 Å². The van der Waals surface area contributed by atoms with Crippen LogP contribution in [-0.4, -0.2) is 23.2 Å². The molecule has 1 aromatic carbocycles. The lowest BCUT2D eigenvalue weighted by molar-refractivity contribution is -0.143. The molecule has 0 saturated carbocycles. The number of benzene rings is 1. The summed E-state index contributed by atoms with van der Waals surface area (Å²) in [6, 6.07) is 5.91. The van der Waals surface area contributed by atoms with Crippen LogP contribution in [0.25, 0.3) is 0 Å². The van der Waals surface area contributed by atoms with Gasteiger partial charge in [0.1, 0.15) is 11.3 Å². The van der Waals surface area contributed by atoms with Crippen molar-refractivity contribution in [1.82, 2.24) is 0 Å². The van der Waals surface area contributed by atoms with Crippen LogP contribution in [0.4, 0.5) is 0 Å². The molecule has 0 saturated heterocycles. The van der Waals surface area contributed by atoms with Gasteiger partial charge in [0.2, 0.25) is 0 Å². The largest absolute Gasteiger partial charge is 0.493 e. The second-order valence-electron chi connectivity index (χ2n) is 4.96. The molecule has 1 atom stereocenters. The van der Waals surface area contributed by atoms with Gasteiger partial charge in [-0.3, -0.25) is 4.79 Å². The van der Waals surface area contributed by atoms with Crippen LogP contribution < -0.4 is 10.5 Å². The lowest BCUT2D eigenvalue weighted by atomic mass is 9.92. The summed E-state index contributed by atoms with van der Waals surface area (Å²) in [6.45, 7) is 6.33. The summed E-state index contributed by atoms with van der Waals surface area (Å²) in [5, 5.41) is 9.06. The summed E-state index contributed by atoms with van der Waals surface area (Å²) < 4.78 is 5.69. The third-order valence-electron chi connectivity index (χ3n) is 3.64. The fraction of sp³-hybridized carbons (Fsp3) is 0.533. The van der Waals surface area contributed by atoms with Gasteiger partial charge in [0.05, 0.1) is 6.61 Å². The molecule has 1 rings (SSSR count). The standard InChI is InChI=1S/C15H23NO3/c1-4-15(16,14(17)18)9-6-10-19-13-8-5-7-11(2)12(13)3/h5,7-8H,4,6,9-10,16H2,1-3H3,(H,17,18). The third-order valence-corrected chi connectivity index (χ3v) is 3.64. The average Bonchev–Trinajstić information content (AvgIpc) is 2.38. The van der Waals surface area contributed by atoms with Crippen molar-refractivity contribution >= 4 is 5.97 Å². The number of hydrogen-bond acceptors (Lipinski definition) is 3. The van der Waals surface area contributed by atoms with Crippen molar-refractivity contribution in [3.8, 4) is 5.75 Å². The molecule has 0 aliphatic heterocycles. The molecule has 0 aromatic heterocycles. The Kier molecular flexibility index (Phi) is 5.36. The highest BCUT2D eigenvalue weighted by Crippen LogP contribution is 2.21. The van der Waals surface area contributed by atoms with Crippen LogP contribution in [0.15, 0.2) is 18.2 Å². The fourth-order valence-corrected chi connectivity index (χ4v) is 1.89. The number of hydrogen-bond donors (Lipinski definition) is 2. The van der Waals surface area contributed by atoms with Gasteiger partial charge in [0, 0.05) is 0 Å². The summed E-state index contributed by atoms with van der Waals surface area (Å²) >= 11 is 0. The predicted molar refractivity (Wildman–Crippen MR) is 75.5 cm³/mol. The molecular weight excluding hydrogens is 242 g/mol. The molecule has 19 heavy (non-hydrogen) atoms. The zero-order valence-corrected chi connectivity index (χ0v) is 11.9. The normalized spacial score (nSPS) is 13.9. The lowest BCUT2D eigenvalue weighted by Crippen LogP contribution is -2.47. The predicted octanol–water partition coefficient (Wildman–Crippen LogP) is 2.65. The quantitative estimate of drug-likeness (QED) is 0.743. The van der Waals surface area contributed by atoms with Gasteiger partial charge >= 0.3 is 5.97 Å². The van der Waals surface area contributed by atoms with Crippen LogP contribution >= 0.6 is 0 Å². The van der Waals surface area contributed by atoms with E-state index in [2.05, 4.69) is 0 Å². The first-order valence-corrected chi connectivity index (χ1v) is 6.62. The van der Waals surface area contributed by atoms with E-state index in [0.717, 1.165) is 11.3 Å². The summed E-state index contributed by atoms with van der Waals surface area (Å²) in [5.41, 5.74) is 6.99. The van der Waals surface area contributed by atoms with Gasteiger partial charge < -0.3 is 15.6 Å². The minimum absolute atomic E-state index is 0.420. The van der Waals surface area contributed by atoms with Gasteiger partial charge in [0.25, 0.3) is 0 Å². The van der Waals surface area contributed by atoms with E-state index < -0.39 is 11.5 Å². The van der Waals surface area contributed by atoms with E-state index in [1.165, 1.54) is 5.56 Å². The van der Waals surface area contributed by atoms with Crippen LogP contribution in [0.3, 0.4) is 0 Å². The van der Waals surface area contributed by atoms with Crippen LogP contribution in [0.1, 0.15) is 37.3 Å². The van der Waals surface area contributed by atoms with Crippen molar-refractivity contribution in [2.24, 2.45) is 5.73 Å². The molecular formula is C15H23NO3. The summed E-state index contributed by atoms with van der Waals surface area (Å²) in [7, 11) is 0. The molecule has 0 fully saturated rings. The maximum atomic E-state index is 11.0. The second kappa shape index (κ2) is 6.57. The van der Waals surface area contributed by atoms with Crippen LogP contribution in [0.5, 0.6) is 5.75 Å². The average molecular weight is 265 g/mol. The molecule has 0 radical (unpaired) electrons. The first kappa shape index (κ1) is 15.5. The Morgan fingerprint density at radius 3 is 2.68 bits per heavy atom. The lowest BCUT2D eigenvalue weighted by Gasteiger charge is -2.22. The maximum absolute atomic E-state index is 11.0. The Hall–Kier alpha value is -1.55. The molecule has 3 N–H and O–H groups in total. The van der Waals surface area contributed by atoms with E-state index in [9.17, 15) is 4.79 Å². The van der Waals surface area contributed by atoms with Crippen molar-refractivity contribution in [3.05, 3.63) is 29.3 Å². The molecule has 4 nitrogen and oxygen atoms in total.